The van der Waals surface area contributed by atoms with Gasteiger partial charge in [0.15, 0.2) is 0 Å². The van der Waals surface area contributed by atoms with Crippen LogP contribution >= 0.6 is 0 Å². The smallest absolute Gasteiger partial charge is 0.329 e. The molecule has 1 heterocycles. The topological polar surface area (TPSA) is 108 Å². The van der Waals surface area contributed by atoms with E-state index >= 15 is 0 Å². The van der Waals surface area contributed by atoms with E-state index < -0.39 is 12.0 Å². The molecule has 108 valence electrons. The summed E-state index contributed by atoms with van der Waals surface area (Å²) in [6.07, 6.45) is 1.45. The first-order chi connectivity index (χ1) is 9.06. The average molecular weight is 273 g/mol. The van der Waals surface area contributed by atoms with Gasteiger partial charge in [0.25, 0.3) is 0 Å². The number of carboxylic acids is 1. The molecule has 1 rings (SSSR count). The van der Waals surface area contributed by atoms with Gasteiger partial charge >= 0.3 is 12.0 Å². The van der Waals surface area contributed by atoms with E-state index in [1.165, 1.54) is 11.9 Å². The molecule has 0 aromatic heterocycles. The maximum Gasteiger partial charge on any atom is 0.329 e. The molecule has 1 saturated heterocycles. The van der Waals surface area contributed by atoms with Gasteiger partial charge in [-0.2, -0.15) is 0 Å². The lowest BCUT2D eigenvalue weighted by Crippen LogP contribution is -2.49. The molecule has 1 aliphatic rings. The summed E-state index contributed by atoms with van der Waals surface area (Å²) in [5, 5.41) is 13.5. The van der Waals surface area contributed by atoms with Crippen LogP contribution in [-0.2, 0) is 14.3 Å². The predicted molar refractivity (Wildman–Crippen MR) is 65.6 cm³/mol. The second-order valence-corrected chi connectivity index (χ2v) is 4.14. The van der Waals surface area contributed by atoms with E-state index in [2.05, 4.69) is 10.6 Å². The zero-order valence-corrected chi connectivity index (χ0v) is 10.8. The number of carbonyl (C=O) groups is 3. The van der Waals surface area contributed by atoms with Crippen LogP contribution in [-0.4, -0.2) is 67.3 Å². The number of likely N-dealkylation sites (tertiary alicyclic amines) is 1. The molecule has 3 N–H and O–H groups in total. The van der Waals surface area contributed by atoms with Crippen LogP contribution in [0.1, 0.15) is 12.8 Å². The Balaban J connectivity index is 2.28. The number of carbonyl (C=O) groups excluding carboxylic acids is 2. The Labute approximate surface area is 111 Å². The average Bonchev–Trinajstić information content (AvgIpc) is 2.86. The van der Waals surface area contributed by atoms with Gasteiger partial charge in [-0.3, -0.25) is 4.79 Å². The van der Waals surface area contributed by atoms with E-state index in [4.69, 9.17) is 9.84 Å². The number of nitrogens with zero attached hydrogens (tertiary/aromatic N) is 1. The number of hydrogen-bond acceptors (Lipinski definition) is 4. The lowest BCUT2D eigenvalue weighted by Gasteiger charge is -2.23. The van der Waals surface area contributed by atoms with E-state index in [0.717, 1.165) is 6.42 Å². The lowest BCUT2D eigenvalue weighted by atomic mass is 10.2. The Kier molecular flexibility index (Phi) is 6.07. The minimum Gasteiger partial charge on any atom is -0.480 e. The number of hydrogen-bond donors (Lipinski definition) is 3. The Morgan fingerprint density at radius 2 is 2.16 bits per heavy atom. The first-order valence-corrected chi connectivity index (χ1v) is 6.12. The number of rotatable bonds is 6. The zero-order chi connectivity index (χ0) is 14.3. The van der Waals surface area contributed by atoms with Gasteiger partial charge in [0.1, 0.15) is 12.6 Å². The largest absolute Gasteiger partial charge is 0.480 e. The van der Waals surface area contributed by atoms with Crippen molar-refractivity contribution in [2.45, 2.75) is 18.9 Å². The van der Waals surface area contributed by atoms with Crippen LogP contribution in [0.3, 0.4) is 0 Å². The summed E-state index contributed by atoms with van der Waals surface area (Å²) in [7, 11) is 1.54. The van der Waals surface area contributed by atoms with Crippen molar-refractivity contribution in [3.8, 4) is 0 Å². The Hall–Kier alpha value is -1.83. The van der Waals surface area contributed by atoms with Crippen molar-refractivity contribution in [2.75, 3.05) is 33.4 Å². The Morgan fingerprint density at radius 1 is 1.42 bits per heavy atom. The summed E-state index contributed by atoms with van der Waals surface area (Å²) in [5.41, 5.74) is 0. The molecule has 0 saturated carbocycles. The highest BCUT2D eigenvalue weighted by atomic mass is 16.5. The number of likely N-dealkylation sites (N-methyl/N-ethyl adjacent to an activating group) is 1. The van der Waals surface area contributed by atoms with Crippen molar-refractivity contribution < 1.29 is 24.2 Å². The summed E-state index contributed by atoms with van der Waals surface area (Å²) in [6.45, 7) is 0.486. The third-order valence-corrected chi connectivity index (χ3v) is 2.81. The summed E-state index contributed by atoms with van der Waals surface area (Å²) in [6, 6.07) is -0.755. The van der Waals surface area contributed by atoms with Crippen molar-refractivity contribution >= 4 is 17.9 Å². The molecule has 0 radical (unpaired) electrons. The SMILES string of the molecule is CNC(=O)C1CCCN1C(=O)NCCOCC(=O)O. The Morgan fingerprint density at radius 3 is 2.79 bits per heavy atom. The predicted octanol–water partition coefficient (Wildman–Crippen LogP) is -0.992. The molecular weight excluding hydrogens is 254 g/mol. The van der Waals surface area contributed by atoms with Gasteiger partial charge in [0, 0.05) is 20.1 Å². The maximum absolute atomic E-state index is 11.8. The van der Waals surface area contributed by atoms with Gasteiger partial charge in [-0.15, -0.1) is 0 Å². The first-order valence-electron chi connectivity index (χ1n) is 6.12. The van der Waals surface area contributed by atoms with Gasteiger partial charge in [-0.25, -0.2) is 9.59 Å². The van der Waals surface area contributed by atoms with E-state index in [1.807, 2.05) is 0 Å². The van der Waals surface area contributed by atoms with E-state index in [-0.39, 0.29) is 31.7 Å². The molecule has 1 unspecified atom stereocenters. The fraction of sp³-hybridized carbons (Fsp3) is 0.727. The van der Waals surface area contributed by atoms with Crippen molar-refractivity contribution in [1.29, 1.82) is 0 Å². The third-order valence-electron chi connectivity index (χ3n) is 2.81. The van der Waals surface area contributed by atoms with E-state index in [0.29, 0.717) is 13.0 Å². The van der Waals surface area contributed by atoms with E-state index in [1.54, 1.807) is 0 Å². The third kappa shape index (κ3) is 4.74. The van der Waals surface area contributed by atoms with Gasteiger partial charge in [0.05, 0.1) is 6.61 Å². The molecule has 19 heavy (non-hydrogen) atoms. The van der Waals surface area contributed by atoms with Crippen molar-refractivity contribution in [1.82, 2.24) is 15.5 Å². The van der Waals surface area contributed by atoms with Crippen molar-refractivity contribution in [3.05, 3.63) is 0 Å². The molecule has 3 amide bonds. The van der Waals surface area contributed by atoms with Crippen molar-refractivity contribution in [3.63, 3.8) is 0 Å². The molecule has 8 nitrogen and oxygen atoms in total. The highest BCUT2D eigenvalue weighted by Crippen LogP contribution is 2.16. The number of aliphatic carboxylic acids is 1. The molecule has 1 fully saturated rings. The van der Waals surface area contributed by atoms with Crippen LogP contribution in [0.25, 0.3) is 0 Å². The molecule has 1 aliphatic heterocycles. The molecule has 1 atom stereocenters. The van der Waals surface area contributed by atoms with Gasteiger partial charge in [-0.1, -0.05) is 0 Å². The van der Waals surface area contributed by atoms with Crippen molar-refractivity contribution in [2.24, 2.45) is 0 Å². The molecule has 0 bridgehead atoms. The summed E-state index contributed by atoms with van der Waals surface area (Å²) in [4.78, 5) is 35.1. The van der Waals surface area contributed by atoms with Crippen LogP contribution < -0.4 is 10.6 Å². The molecule has 0 aliphatic carbocycles. The number of nitrogens with one attached hydrogen (secondary N) is 2. The number of ether oxygens (including phenoxy) is 1. The zero-order valence-electron chi connectivity index (χ0n) is 10.8. The number of amides is 3. The van der Waals surface area contributed by atoms with E-state index in [9.17, 15) is 14.4 Å². The minimum absolute atomic E-state index is 0.122. The monoisotopic (exact) mass is 273 g/mol. The van der Waals surface area contributed by atoms with Crippen LogP contribution in [0, 0.1) is 0 Å². The van der Waals surface area contributed by atoms with Crippen LogP contribution in [0.4, 0.5) is 4.79 Å². The molecular formula is C11H19N3O5. The second-order valence-electron chi connectivity index (χ2n) is 4.14. The molecule has 0 aromatic carbocycles. The second kappa shape index (κ2) is 7.57. The summed E-state index contributed by atoms with van der Waals surface area (Å²) < 4.78 is 4.79. The quantitative estimate of drug-likeness (QED) is 0.538. The molecule has 0 spiro atoms. The maximum atomic E-state index is 11.8. The number of carboxylic acid groups (broad SMARTS) is 1. The normalized spacial score (nSPS) is 18.2. The first kappa shape index (κ1) is 15.2. The minimum atomic E-state index is -1.05. The highest BCUT2D eigenvalue weighted by Gasteiger charge is 2.33. The van der Waals surface area contributed by atoms with Crippen LogP contribution in [0.2, 0.25) is 0 Å². The van der Waals surface area contributed by atoms with Crippen LogP contribution in [0.5, 0.6) is 0 Å². The van der Waals surface area contributed by atoms with Gasteiger partial charge in [-0.05, 0) is 12.8 Å². The Bertz CT molecular complexity index is 347. The summed E-state index contributed by atoms with van der Waals surface area (Å²) in [5.74, 6) is -1.22. The lowest BCUT2D eigenvalue weighted by molar-refractivity contribution is -0.142. The summed E-state index contributed by atoms with van der Waals surface area (Å²) >= 11 is 0. The standard InChI is InChI=1S/C11H19N3O5/c1-12-10(17)8-3-2-5-14(8)11(18)13-4-6-19-7-9(15)16/h8H,2-7H2,1H3,(H,12,17)(H,13,18)(H,15,16). The fourth-order valence-electron chi connectivity index (χ4n) is 1.94. The molecule has 0 aromatic rings. The fourth-order valence-corrected chi connectivity index (χ4v) is 1.94. The highest BCUT2D eigenvalue weighted by molar-refractivity contribution is 5.87. The van der Waals surface area contributed by atoms with Crippen LogP contribution in [0.15, 0.2) is 0 Å². The molecule has 8 heteroatoms. The number of urea groups is 1. The van der Waals surface area contributed by atoms with Gasteiger partial charge < -0.3 is 25.4 Å². The van der Waals surface area contributed by atoms with Gasteiger partial charge in [0.2, 0.25) is 5.91 Å².